The second kappa shape index (κ2) is 35.1. The molecule has 13 heteroatoms. The van der Waals surface area contributed by atoms with Gasteiger partial charge in [-0.25, -0.2) is 0 Å². The summed E-state index contributed by atoms with van der Waals surface area (Å²) in [5.74, 6) is -0.248. The van der Waals surface area contributed by atoms with E-state index in [1.165, 1.54) is 7.11 Å². The predicted molar refractivity (Wildman–Crippen MR) is 320 cm³/mol. The zero-order valence-electron chi connectivity index (χ0n) is 54.4. The minimum Gasteiger partial charge on any atom is -0.469 e. The summed E-state index contributed by atoms with van der Waals surface area (Å²) in [5, 5.41) is 0. The molecule has 2 heterocycles. The van der Waals surface area contributed by atoms with Gasteiger partial charge in [-0.3, -0.25) is 4.79 Å². The summed E-state index contributed by atoms with van der Waals surface area (Å²) in [6.45, 7) is -9.98. The average Bonchev–Trinajstić information content (AvgIpc) is 1.03. The van der Waals surface area contributed by atoms with Crippen LogP contribution in [-0.2, 0) is 108 Å². The van der Waals surface area contributed by atoms with Crippen molar-refractivity contribution in [2.24, 2.45) is 0 Å². The molecule has 2 aliphatic heterocycles. The largest absolute Gasteiger partial charge is 0.469 e. The molecule has 0 radical (unpaired) electrons. The fourth-order valence-corrected chi connectivity index (χ4v) is 9.72. The van der Waals surface area contributed by atoms with Crippen LogP contribution in [0, 0.1) is 0 Å². The first-order chi connectivity index (χ1) is 44.4. The Bertz CT molecular complexity index is 3130. The van der Waals surface area contributed by atoms with Crippen molar-refractivity contribution in [3.05, 3.63) is 251 Å². The van der Waals surface area contributed by atoms with E-state index >= 15 is 0 Å². The molecule has 0 amide bonds. The Morgan fingerprint density at radius 3 is 1.05 bits per heavy atom. The van der Waals surface area contributed by atoms with Crippen molar-refractivity contribution in [2.45, 2.75) is 152 Å². The number of methoxy groups -OCH3 is 1. The van der Waals surface area contributed by atoms with E-state index in [0.29, 0.717) is 58.2 Å². The van der Waals surface area contributed by atoms with Crippen molar-refractivity contribution in [1.82, 2.24) is 0 Å². The van der Waals surface area contributed by atoms with Gasteiger partial charge in [-0.05, 0) is 51.8 Å². The SMILES string of the molecule is [2H]C(OC[C@H]1OC(O[C@@H]2C(OCCCCCCCCC(=O)OC)O[C@H](COC([2H])c3ccccc3)[C@@H](OC([2H])c3ccccc3)[C@@H]2OC([2H])c2ccccc2)[C@@H](OC([2H])c2ccccc2)[C@@H](OC([2H])c2ccccc2)[C@@H]1OC([2H])c1ccccc1)c1ccccc1. The van der Waals surface area contributed by atoms with Crippen LogP contribution in [0.15, 0.2) is 212 Å². The fourth-order valence-electron chi connectivity index (χ4n) is 9.72. The normalized spacial score (nSPS) is 26.2. The van der Waals surface area contributed by atoms with E-state index in [1.54, 1.807) is 158 Å². The van der Waals surface area contributed by atoms with Crippen LogP contribution < -0.4 is 0 Å². The van der Waals surface area contributed by atoms with Crippen LogP contribution in [-0.4, -0.2) is 94.3 Å². The van der Waals surface area contributed by atoms with E-state index in [2.05, 4.69) is 0 Å². The Morgan fingerprint density at radius 2 is 0.667 bits per heavy atom. The first-order valence-electron chi connectivity index (χ1n) is 32.9. The lowest BCUT2D eigenvalue weighted by Crippen LogP contribution is -2.66. The van der Waals surface area contributed by atoms with Gasteiger partial charge in [0.15, 0.2) is 12.6 Å². The maximum Gasteiger partial charge on any atom is 0.305 e. The molecular weight excluding hydrogens is 1060 g/mol. The number of esters is 1. The number of carbonyl (C=O) groups excluding carboxylic acids is 1. The highest BCUT2D eigenvalue weighted by Gasteiger charge is 2.55. The van der Waals surface area contributed by atoms with Crippen LogP contribution >= 0.6 is 0 Å². The van der Waals surface area contributed by atoms with Crippen molar-refractivity contribution < 1.29 is 71.2 Å². The minimum atomic E-state index is -1.67. The molecule has 84 heavy (non-hydrogen) atoms. The molecule has 2 aliphatic rings. The number of unbranched alkanes of at least 4 members (excludes halogenated alkanes) is 5. The molecule has 2 saturated heterocycles. The maximum atomic E-state index is 11.8. The van der Waals surface area contributed by atoms with Crippen LogP contribution in [0.25, 0.3) is 0 Å². The van der Waals surface area contributed by atoms with E-state index in [-0.39, 0.29) is 25.8 Å². The summed E-state index contributed by atoms with van der Waals surface area (Å²) in [6.07, 6.45) is -9.09. The van der Waals surface area contributed by atoms with Crippen LogP contribution in [0.4, 0.5) is 0 Å². The van der Waals surface area contributed by atoms with Gasteiger partial charge in [-0.1, -0.05) is 238 Å². The van der Waals surface area contributed by atoms with Crippen molar-refractivity contribution in [3.8, 4) is 0 Å². The molecular formula is C71H82O13. The second-order valence-electron chi connectivity index (χ2n) is 20.4. The Kier molecular flexibility index (Phi) is 22.2. The average molecular weight is 1150 g/mol. The maximum absolute atomic E-state index is 11.8. The lowest BCUT2D eigenvalue weighted by Gasteiger charge is -2.50. The molecule has 444 valence electrons. The molecule has 0 saturated carbocycles. The van der Waals surface area contributed by atoms with Gasteiger partial charge in [0.25, 0.3) is 0 Å². The molecule has 0 spiro atoms. The Balaban J connectivity index is 1.16. The minimum absolute atomic E-state index is 0.121. The van der Waals surface area contributed by atoms with Crippen molar-refractivity contribution >= 4 is 5.97 Å². The van der Waals surface area contributed by atoms with E-state index in [1.807, 2.05) is 54.6 Å². The van der Waals surface area contributed by atoms with Crippen LogP contribution in [0.1, 0.15) is 93.5 Å². The first kappa shape index (κ1) is 53.1. The molecule has 9 unspecified atom stereocenters. The zero-order chi connectivity index (χ0) is 63.7. The number of ether oxygens (including phenoxy) is 12. The lowest BCUT2D eigenvalue weighted by molar-refractivity contribution is -0.383. The quantitative estimate of drug-likeness (QED) is 0.0276. The molecule has 7 aromatic rings. The van der Waals surface area contributed by atoms with Crippen molar-refractivity contribution in [2.75, 3.05) is 26.9 Å². The smallest absolute Gasteiger partial charge is 0.305 e. The molecule has 0 aliphatic carbocycles. The van der Waals surface area contributed by atoms with Gasteiger partial charge in [0.2, 0.25) is 0 Å². The Labute approximate surface area is 506 Å². The number of carbonyl (C=O) groups is 1. The van der Waals surface area contributed by atoms with Gasteiger partial charge >= 0.3 is 5.97 Å². The monoisotopic (exact) mass is 1150 g/mol. The molecule has 13 nitrogen and oxygen atoms in total. The van der Waals surface area contributed by atoms with Crippen LogP contribution in [0.3, 0.4) is 0 Å². The van der Waals surface area contributed by atoms with Gasteiger partial charge in [-0.2, -0.15) is 0 Å². The van der Waals surface area contributed by atoms with Gasteiger partial charge in [0.05, 0.1) is 76.0 Å². The molecule has 0 bridgehead atoms. The number of hydrogen-bond donors (Lipinski definition) is 0. The standard InChI is InChI=1S/C71H82O13/c1-73-63(72)43-27-4-2-3-5-28-44-76-70-69(67(80-50-59-39-23-11-24-40-59)65(78-48-57-35-19-9-20-36-57)61(82-70)52-74-45-54-29-13-6-14-30-54)84-71-68(81-51-60-41-25-12-26-42-60)66(79-49-58-37-21-10-22-38-58)64(77-47-56-33-17-8-18-34-56)62(83-71)53-75-46-55-31-15-7-16-32-55/h6-26,29-42,61-62,64-71H,2-5,27-28,43-53H2,1H3/t61-,62-,64-,65-,66+,67+,68+,69+,70?,71?/m1/s1/i45D,46D,47D,48D,49D,50D,51D/t45?,46?,47?,48?,49?,50?,51?,61-,62-,64-,65-,66+,67+,68+,69+,70?,71?. The second-order valence-corrected chi connectivity index (χ2v) is 20.4. The highest BCUT2D eigenvalue weighted by molar-refractivity contribution is 5.69. The number of rotatable bonds is 35. The highest BCUT2D eigenvalue weighted by Crippen LogP contribution is 2.37. The summed E-state index contributed by atoms with van der Waals surface area (Å²) >= 11 is 0. The van der Waals surface area contributed by atoms with Crippen LogP contribution in [0.5, 0.6) is 0 Å². The molecule has 0 N–H and O–H groups in total. The summed E-state index contributed by atoms with van der Waals surface area (Å²) in [7, 11) is 1.38. The van der Waals surface area contributed by atoms with Gasteiger partial charge in [-0.15, -0.1) is 0 Å². The van der Waals surface area contributed by atoms with Gasteiger partial charge < -0.3 is 56.8 Å². The third-order valence-electron chi connectivity index (χ3n) is 14.1. The molecule has 9 rings (SSSR count). The van der Waals surface area contributed by atoms with Crippen molar-refractivity contribution in [1.29, 1.82) is 0 Å². The van der Waals surface area contributed by atoms with Gasteiger partial charge in [0.1, 0.15) is 48.8 Å². The molecule has 17 atom stereocenters. The Morgan fingerprint density at radius 1 is 0.357 bits per heavy atom. The fraction of sp³-hybridized carbons (Fsp3) is 0.394. The number of hydrogen-bond acceptors (Lipinski definition) is 13. The first-order valence-corrected chi connectivity index (χ1v) is 28.9. The van der Waals surface area contributed by atoms with E-state index in [0.717, 1.165) is 25.7 Å². The summed E-state index contributed by atoms with van der Waals surface area (Å²) < 4.78 is 147. The lowest BCUT2D eigenvalue weighted by atomic mass is 9.96. The Hall–Kier alpha value is -6.43. The van der Waals surface area contributed by atoms with E-state index < -0.39 is 107 Å². The molecule has 0 aromatic heterocycles. The predicted octanol–water partition coefficient (Wildman–Crippen LogP) is 13.1. The topological polar surface area (TPSA) is 128 Å². The van der Waals surface area contributed by atoms with Crippen molar-refractivity contribution in [3.63, 3.8) is 0 Å². The highest BCUT2D eigenvalue weighted by atomic mass is 16.8. The van der Waals surface area contributed by atoms with E-state index in [4.69, 9.17) is 58.2 Å². The van der Waals surface area contributed by atoms with Crippen LogP contribution in [0.2, 0.25) is 0 Å². The number of benzene rings is 7. The van der Waals surface area contributed by atoms with E-state index in [9.17, 15) is 13.0 Å². The summed E-state index contributed by atoms with van der Waals surface area (Å²) in [5.41, 5.74) is 3.49. The molecule has 2 fully saturated rings. The molecule has 7 aromatic carbocycles. The third kappa shape index (κ3) is 20.1. The van der Waals surface area contributed by atoms with Gasteiger partial charge in [0, 0.05) is 13.0 Å². The zero-order valence-corrected chi connectivity index (χ0v) is 47.4. The summed E-state index contributed by atoms with van der Waals surface area (Å²) in [6, 6.07) is 62.4. The summed E-state index contributed by atoms with van der Waals surface area (Å²) in [4.78, 5) is 11.8. The third-order valence-corrected chi connectivity index (χ3v) is 14.1.